The fourth-order valence-electron chi connectivity index (χ4n) is 0.712. The number of carbonyl (C=O) groups excluding carboxylic acids is 1. The van der Waals surface area contributed by atoms with Crippen LogP contribution in [0.3, 0.4) is 0 Å². The highest BCUT2D eigenvalue weighted by Crippen LogP contribution is 2.32. The maximum Gasteiger partial charge on any atom is 0.403 e. The summed E-state index contributed by atoms with van der Waals surface area (Å²) >= 11 is 4.92. The standard InChI is InChI=1S/C6H9ClO2/c7-6(8)9-4-3-5-1-2-5/h5H,1-4H2. The third kappa shape index (κ3) is 3.36. The van der Waals surface area contributed by atoms with Gasteiger partial charge in [-0.1, -0.05) is 12.8 Å². The van der Waals surface area contributed by atoms with Gasteiger partial charge in [-0.3, -0.25) is 0 Å². The molecule has 0 unspecified atom stereocenters. The van der Waals surface area contributed by atoms with E-state index < -0.39 is 5.43 Å². The second-order valence-corrected chi connectivity index (χ2v) is 2.63. The Morgan fingerprint density at radius 2 is 2.33 bits per heavy atom. The number of rotatable bonds is 3. The van der Waals surface area contributed by atoms with Crippen LogP contribution in [0.5, 0.6) is 0 Å². The van der Waals surface area contributed by atoms with E-state index in [1.165, 1.54) is 12.8 Å². The molecule has 0 aliphatic heterocycles. The first-order chi connectivity index (χ1) is 4.29. The van der Waals surface area contributed by atoms with E-state index in [9.17, 15) is 4.79 Å². The topological polar surface area (TPSA) is 26.3 Å². The average Bonchev–Trinajstić information content (AvgIpc) is 2.48. The highest BCUT2D eigenvalue weighted by molar-refractivity contribution is 6.61. The van der Waals surface area contributed by atoms with E-state index in [4.69, 9.17) is 11.6 Å². The Kier molecular flexibility index (Phi) is 2.34. The summed E-state index contributed by atoms with van der Waals surface area (Å²) in [4.78, 5) is 9.99. The molecule has 0 saturated heterocycles. The summed E-state index contributed by atoms with van der Waals surface area (Å²) in [5, 5.41) is 0. The van der Waals surface area contributed by atoms with Crippen molar-refractivity contribution in [2.24, 2.45) is 5.92 Å². The maximum atomic E-state index is 9.99. The number of halogens is 1. The van der Waals surface area contributed by atoms with Gasteiger partial charge in [0.05, 0.1) is 6.61 Å². The second kappa shape index (κ2) is 3.06. The zero-order chi connectivity index (χ0) is 6.69. The Balaban J connectivity index is 1.86. The molecule has 0 amide bonds. The predicted molar refractivity (Wildman–Crippen MR) is 34.5 cm³/mol. The van der Waals surface area contributed by atoms with E-state index in [-0.39, 0.29) is 0 Å². The van der Waals surface area contributed by atoms with E-state index >= 15 is 0 Å². The number of carbonyl (C=O) groups is 1. The van der Waals surface area contributed by atoms with Crippen molar-refractivity contribution in [1.29, 1.82) is 0 Å². The van der Waals surface area contributed by atoms with Gasteiger partial charge >= 0.3 is 5.43 Å². The number of hydrogen-bond acceptors (Lipinski definition) is 2. The van der Waals surface area contributed by atoms with Gasteiger partial charge in [0.1, 0.15) is 0 Å². The van der Waals surface area contributed by atoms with Crippen LogP contribution in [0.1, 0.15) is 19.3 Å². The predicted octanol–water partition coefficient (Wildman–Crippen LogP) is 2.16. The molecule has 0 heterocycles. The van der Waals surface area contributed by atoms with E-state index in [0.717, 1.165) is 12.3 Å². The molecule has 52 valence electrons. The molecule has 0 aromatic rings. The molecule has 1 saturated carbocycles. The molecule has 0 N–H and O–H groups in total. The highest BCUT2D eigenvalue weighted by Gasteiger charge is 2.20. The minimum absolute atomic E-state index is 0.493. The van der Waals surface area contributed by atoms with Crippen molar-refractivity contribution in [3.63, 3.8) is 0 Å². The van der Waals surface area contributed by atoms with Crippen LogP contribution in [0.15, 0.2) is 0 Å². The van der Waals surface area contributed by atoms with Crippen molar-refractivity contribution >= 4 is 17.0 Å². The minimum Gasteiger partial charge on any atom is -0.454 e. The monoisotopic (exact) mass is 148 g/mol. The Labute approximate surface area is 59.1 Å². The van der Waals surface area contributed by atoms with Gasteiger partial charge in [-0.15, -0.1) is 0 Å². The van der Waals surface area contributed by atoms with E-state index in [1.54, 1.807) is 0 Å². The molecule has 0 bridgehead atoms. The molecule has 0 aromatic carbocycles. The molecular weight excluding hydrogens is 140 g/mol. The molecule has 9 heavy (non-hydrogen) atoms. The molecule has 1 rings (SSSR count). The zero-order valence-corrected chi connectivity index (χ0v) is 5.86. The van der Waals surface area contributed by atoms with Crippen molar-refractivity contribution in [3.8, 4) is 0 Å². The van der Waals surface area contributed by atoms with Crippen LogP contribution >= 0.6 is 11.6 Å². The lowest BCUT2D eigenvalue weighted by Gasteiger charge is -1.96. The van der Waals surface area contributed by atoms with Crippen molar-refractivity contribution in [3.05, 3.63) is 0 Å². The lowest BCUT2D eigenvalue weighted by Crippen LogP contribution is -1.96. The Morgan fingerprint density at radius 1 is 1.67 bits per heavy atom. The number of ether oxygens (including phenoxy) is 1. The van der Waals surface area contributed by atoms with Gasteiger partial charge in [-0.05, 0) is 12.3 Å². The van der Waals surface area contributed by atoms with Gasteiger partial charge in [0.2, 0.25) is 0 Å². The summed E-state index contributed by atoms with van der Waals surface area (Å²) < 4.78 is 4.52. The number of hydrogen-bond donors (Lipinski definition) is 0. The smallest absolute Gasteiger partial charge is 0.403 e. The molecule has 0 atom stereocenters. The van der Waals surface area contributed by atoms with Gasteiger partial charge in [-0.25, -0.2) is 4.79 Å². The molecule has 0 radical (unpaired) electrons. The molecular formula is C6H9ClO2. The fraction of sp³-hybridized carbons (Fsp3) is 0.833. The largest absolute Gasteiger partial charge is 0.454 e. The van der Waals surface area contributed by atoms with Crippen LogP contribution in [0.25, 0.3) is 0 Å². The van der Waals surface area contributed by atoms with Gasteiger partial charge < -0.3 is 4.74 Å². The Bertz CT molecular complexity index is 110. The first-order valence-corrected chi connectivity index (χ1v) is 3.49. The lowest BCUT2D eigenvalue weighted by atomic mass is 10.3. The summed E-state index contributed by atoms with van der Waals surface area (Å²) in [6.07, 6.45) is 3.57. The summed E-state index contributed by atoms with van der Waals surface area (Å²) in [6, 6.07) is 0. The summed E-state index contributed by atoms with van der Waals surface area (Å²) in [5.41, 5.74) is -0.685. The van der Waals surface area contributed by atoms with Crippen LogP contribution in [-0.4, -0.2) is 12.0 Å². The zero-order valence-electron chi connectivity index (χ0n) is 5.10. The van der Waals surface area contributed by atoms with Crippen molar-refractivity contribution in [2.45, 2.75) is 19.3 Å². The summed E-state index contributed by atoms with van der Waals surface area (Å²) in [6.45, 7) is 0.493. The van der Waals surface area contributed by atoms with Gasteiger partial charge in [-0.2, -0.15) is 0 Å². The molecule has 0 spiro atoms. The average molecular weight is 149 g/mol. The Hall–Kier alpha value is -0.240. The van der Waals surface area contributed by atoms with Gasteiger partial charge in [0.25, 0.3) is 0 Å². The fourth-order valence-corrected chi connectivity index (χ4v) is 0.790. The molecule has 1 aliphatic rings. The van der Waals surface area contributed by atoms with Crippen molar-refractivity contribution in [2.75, 3.05) is 6.61 Å². The highest BCUT2D eigenvalue weighted by atomic mass is 35.5. The first kappa shape index (κ1) is 6.87. The van der Waals surface area contributed by atoms with Gasteiger partial charge in [0.15, 0.2) is 0 Å². The molecule has 1 fully saturated rings. The molecule has 2 nitrogen and oxygen atoms in total. The molecule has 1 aliphatic carbocycles. The summed E-state index contributed by atoms with van der Waals surface area (Å²) in [7, 11) is 0. The first-order valence-electron chi connectivity index (χ1n) is 3.11. The quantitative estimate of drug-likeness (QED) is 0.574. The third-order valence-corrected chi connectivity index (χ3v) is 1.55. The van der Waals surface area contributed by atoms with Crippen LogP contribution in [0, 0.1) is 5.92 Å². The second-order valence-electron chi connectivity index (χ2n) is 2.32. The molecule has 3 heteroatoms. The van der Waals surface area contributed by atoms with Crippen LogP contribution in [-0.2, 0) is 4.74 Å². The van der Waals surface area contributed by atoms with E-state index in [0.29, 0.717) is 6.61 Å². The third-order valence-electron chi connectivity index (χ3n) is 1.44. The minimum atomic E-state index is -0.685. The van der Waals surface area contributed by atoms with E-state index in [2.05, 4.69) is 4.74 Å². The normalized spacial score (nSPS) is 17.4. The Morgan fingerprint density at radius 3 is 2.78 bits per heavy atom. The SMILES string of the molecule is O=C(Cl)OCCC1CC1. The van der Waals surface area contributed by atoms with Crippen molar-refractivity contribution in [1.82, 2.24) is 0 Å². The van der Waals surface area contributed by atoms with Crippen LogP contribution in [0.4, 0.5) is 4.79 Å². The van der Waals surface area contributed by atoms with E-state index in [1.807, 2.05) is 0 Å². The van der Waals surface area contributed by atoms with Crippen LogP contribution < -0.4 is 0 Å². The lowest BCUT2D eigenvalue weighted by molar-refractivity contribution is 0.170. The molecule has 0 aromatic heterocycles. The van der Waals surface area contributed by atoms with Gasteiger partial charge in [0, 0.05) is 11.6 Å². The maximum absolute atomic E-state index is 9.99. The van der Waals surface area contributed by atoms with Crippen LogP contribution in [0.2, 0.25) is 0 Å². The summed E-state index contributed by atoms with van der Waals surface area (Å²) in [5.74, 6) is 0.806. The van der Waals surface area contributed by atoms with Crippen molar-refractivity contribution < 1.29 is 9.53 Å².